The lowest BCUT2D eigenvalue weighted by molar-refractivity contribution is 0.162. The molecule has 0 saturated carbocycles. The number of allylic oxidation sites excluding steroid dienone is 1. The Balaban J connectivity index is 1.82. The van der Waals surface area contributed by atoms with E-state index >= 15 is 0 Å². The van der Waals surface area contributed by atoms with E-state index in [1.54, 1.807) is 0 Å². The molecule has 0 aliphatic heterocycles. The Labute approximate surface area is 157 Å². The van der Waals surface area contributed by atoms with Crippen molar-refractivity contribution in [1.29, 1.82) is 0 Å². The minimum Gasteiger partial charge on any atom is -0.416 e. The Hall–Kier alpha value is -1.73. The lowest BCUT2D eigenvalue weighted by Crippen LogP contribution is -2.43. The average Bonchev–Trinajstić information content (AvgIpc) is 3.08. The topological polar surface area (TPSA) is 78.9 Å². The predicted molar refractivity (Wildman–Crippen MR) is 108 cm³/mol. The van der Waals surface area contributed by atoms with Crippen LogP contribution in [-0.4, -0.2) is 34.4 Å². The molecule has 0 saturated heterocycles. The van der Waals surface area contributed by atoms with E-state index in [9.17, 15) is 0 Å². The maximum absolute atomic E-state index is 6.52. The molecule has 2 atom stereocenters. The second kappa shape index (κ2) is 5.89. The first-order chi connectivity index (χ1) is 11.9. The number of nitrogens with zero attached hydrogens (tertiary/aromatic N) is 4. The lowest BCUT2D eigenvalue weighted by atomic mass is 9.86. The van der Waals surface area contributed by atoms with Crippen molar-refractivity contribution in [1.82, 2.24) is 19.5 Å². The summed E-state index contributed by atoms with van der Waals surface area (Å²) in [5.74, 6) is 0.420. The molecule has 0 aromatic carbocycles. The zero-order valence-corrected chi connectivity index (χ0v) is 18.0. The van der Waals surface area contributed by atoms with Crippen molar-refractivity contribution >= 4 is 25.3 Å². The minimum absolute atomic E-state index is 0.0144. The first-order valence-corrected chi connectivity index (χ1v) is 12.1. The molecule has 142 valence electrons. The third-order valence-corrected chi connectivity index (χ3v) is 10.6. The first kappa shape index (κ1) is 19.0. The van der Waals surface area contributed by atoms with Crippen LogP contribution in [0.5, 0.6) is 0 Å². The number of imidazole rings is 1. The van der Waals surface area contributed by atoms with Gasteiger partial charge >= 0.3 is 0 Å². The van der Waals surface area contributed by atoms with Crippen LogP contribution in [0, 0.1) is 5.41 Å². The van der Waals surface area contributed by atoms with Gasteiger partial charge in [0.15, 0.2) is 19.8 Å². The average molecular weight is 374 g/mol. The van der Waals surface area contributed by atoms with Crippen molar-refractivity contribution in [2.45, 2.75) is 64.7 Å². The van der Waals surface area contributed by atoms with E-state index < -0.39 is 8.32 Å². The van der Waals surface area contributed by atoms with Crippen molar-refractivity contribution in [2.24, 2.45) is 5.41 Å². The maximum atomic E-state index is 6.52. The fourth-order valence-electron chi connectivity index (χ4n) is 3.37. The highest BCUT2D eigenvalue weighted by molar-refractivity contribution is 6.74. The largest absolute Gasteiger partial charge is 0.416 e. The predicted octanol–water partition coefficient (Wildman–Crippen LogP) is 4.11. The van der Waals surface area contributed by atoms with Gasteiger partial charge in [-0.2, -0.15) is 0 Å². The Kier molecular flexibility index (Phi) is 4.31. The molecule has 2 aromatic rings. The van der Waals surface area contributed by atoms with Gasteiger partial charge < -0.3 is 14.7 Å². The molecule has 26 heavy (non-hydrogen) atoms. The van der Waals surface area contributed by atoms with E-state index in [1.807, 2.05) is 6.33 Å². The van der Waals surface area contributed by atoms with E-state index in [4.69, 9.17) is 10.2 Å². The van der Waals surface area contributed by atoms with Gasteiger partial charge in [-0.1, -0.05) is 39.8 Å². The Bertz CT molecular complexity index is 853. The third-order valence-electron chi connectivity index (χ3n) is 6.09. The van der Waals surface area contributed by atoms with Gasteiger partial charge in [0.1, 0.15) is 11.8 Å². The van der Waals surface area contributed by atoms with E-state index in [-0.39, 0.29) is 16.0 Å². The van der Waals surface area contributed by atoms with Gasteiger partial charge in [0.25, 0.3) is 0 Å². The Morgan fingerprint density at radius 3 is 2.54 bits per heavy atom. The lowest BCUT2D eigenvalue weighted by Gasteiger charge is -2.39. The summed E-state index contributed by atoms with van der Waals surface area (Å²) >= 11 is 0. The van der Waals surface area contributed by atoms with E-state index in [1.165, 1.54) is 6.33 Å². The molecule has 1 aliphatic rings. The summed E-state index contributed by atoms with van der Waals surface area (Å²) in [7, 11) is -1.77. The van der Waals surface area contributed by atoms with Crippen LogP contribution in [0.15, 0.2) is 24.8 Å². The molecule has 3 rings (SSSR count). The van der Waals surface area contributed by atoms with Crippen LogP contribution in [0.2, 0.25) is 18.1 Å². The van der Waals surface area contributed by atoms with Crippen molar-refractivity contribution in [2.75, 3.05) is 12.3 Å². The van der Waals surface area contributed by atoms with E-state index in [2.05, 4.69) is 79.4 Å². The molecular formula is C19H31N5OSi. The molecular weight excluding hydrogens is 342 g/mol. The maximum Gasteiger partial charge on any atom is 0.192 e. The quantitative estimate of drug-likeness (QED) is 0.644. The zero-order valence-electron chi connectivity index (χ0n) is 17.0. The van der Waals surface area contributed by atoms with Crippen LogP contribution in [0.4, 0.5) is 5.82 Å². The number of nitrogen functional groups attached to an aromatic ring is 1. The number of aromatic nitrogens is 4. The summed E-state index contributed by atoms with van der Waals surface area (Å²) in [6.45, 7) is 16.6. The van der Waals surface area contributed by atoms with Gasteiger partial charge in [-0.25, -0.2) is 15.0 Å². The minimum atomic E-state index is -1.77. The fraction of sp³-hybridized carbons (Fsp3) is 0.632. The first-order valence-electron chi connectivity index (χ1n) is 9.15. The monoisotopic (exact) mass is 373 g/mol. The highest BCUT2D eigenvalue weighted by Crippen LogP contribution is 2.45. The molecule has 7 heteroatoms. The normalized spacial score (nSPS) is 26.7. The van der Waals surface area contributed by atoms with E-state index in [0.29, 0.717) is 11.3 Å². The smallest absolute Gasteiger partial charge is 0.192 e. The van der Waals surface area contributed by atoms with Crippen LogP contribution in [0.3, 0.4) is 0 Å². The van der Waals surface area contributed by atoms with Gasteiger partial charge in [-0.3, -0.25) is 0 Å². The zero-order chi connectivity index (χ0) is 19.4. The molecule has 2 aromatic heterocycles. The molecule has 6 nitrogen and oxygen atoms in total. The molecule has 2 heterocycles. The summed E-state index contributed by atoms with van der Waals surface area (Å²) in [5, 5.41) is 0.212. The molecule has 0 spiro atoms. The second-order valence-corrected chi connectivity index (χ2v) is 14.4. The number of nitrogens with two attached hydrogens (primary N) is 1. The van der Waals surface area contributed by atoms with Gasteiger partial charge in [-0.15, -0.1) is 0 Å². The van der Waals surface area contributed by atoms with Crippen LogP contribution >= 0.6 is 0 Å². The van der Waals surface area contributed by atoms with Crippen LogP contribution < -0.4 is 5.73 Å². The summed E-state index contributed by atoms with van der Waals surface area (Å²) in [6.07, 6.45) is 8.79. The van der Waals surface area contributed by atoms with Crippen LogP contribution in [0.1, 0.15) is 41.0 Å². The summed E-state index contributed by atoms with van der Waals surface area (Å²) in [4.78, 5) is 12.9. The van der Waals surface area contributed by atoms with Crippen molar-refractivity contribution in [3.63, 3.8) is 0 Å². The standard InChI is InChI=1S/C19H31N5OSi/c1-17(2,3)26(6,7)25-11-18(4)8-9-19(5,10-18)24-13-23-14-15(20)21-12-22-16(14)24/h8-9,12-13H,10-11H2,1-7H3,(H2,20,21,22)/t18-,19+/m1/s1. The number of rotatable bonds is 4. The molecule has 1 aliphatic carbocycles. The Morgan fingerprint density at radius 1 is 1.19 bits per heavy atom. The van der Waals surface area contributed by atoms with Gasteiger partial charge in [0.2, 0.25) is 0 Å². The molecule has 0 fully saturated rings. The van der Waals surface area contributed by atoms with Gasteiger partial charge in [0.05, 0.1) is 11.9 Å². The highest BCUT2D eigenvalue weighted by Gasteiger charge is 2.43. The molecule has 2 N–H and O–H groups in total. The van der Waals surface area contributed by atoms with Crippen molar-refractivity contribution in [3.05, 3.63) is 24.8 Å². The number of hydrogen-bond donors (Lipinski definition) is 1. The molecule has 0 unspecified atom stereocenters. The highest BCUT2D eigenvalue weighted by atomic mass is 28.4. The SMILES string of the molecule is CC(C)(C)[Si](C)(C)OC[C@]1(C)C=C[C@](C)(n2cnc3c(N)ncnc32)C1. The van der Waals surface area contributed by atoms with Crippen molar-refractivity contribution in [3.8, 4) is 0 Å². The summed E-state index contributed by atoms with van der Waals surface area (Å²) in [5.41, 5.74) is 7.16. The number of anilines is 1. The molecule has 0 radical (unpaired) electrons. The van der Waals surface area contributed by atoms with E-state index in [0.717, 1.165) is 18.7 Å². The number of hydrogen-bond acceptors (Lipinski definition) is 5. The van der Waals surface area contributed by atoms with Crippen LogP contribution in [-0.2, 0) is 9.96 Å². The number of fused-ring (bicyclic) bond motifs is 1. The molecule has 0 bridgehead atoms. The van der Waals surface area contributed by atoms with Crippen molar-refractivity contribution < 1.29 is 4.43 Å². The van der Waals surface area contributed by atoms with Crippen LogP contribution in [0.25, 0.3) is 11.2 Å². The van der Waals surface area contributed by atoms with Gasteiger partial charge in [0, 0.05) is 12.0 Å². The fourth-order valence-corrected chi connectivity index (χ4v) is 4.49. The summed E-state index contributed by atoms with van der Waals surface area (Å²) in [6, 6.07) is 0. The molecule has 0 amide bonds. The van der Waals surface area contributed by atoms with Gasteiger partial charge in [-0.05, 0) is 31.5 Å². The summed E-state index contributed by atoms with van der Waals surface area (Å²) < 4.78 is 8.62. The Morgan fingerprint density at radius 2 is 1.88 bits per heavy atom. The third kappa shape index (κ3) is 3.18. The second-order valence-electron chi connectivity index (χ2n) is 9.62.